The van der Waals surface area contributed by atoms with E-state index in [0.717, 1.165) is 21.6 Å². The normalized spacial score (nSPS) is 10.2. The molecule has 4 heteroatoms. The number of nitriles is 1. The smallest absolute Gasteiger partial charge is 0.119 e. The second kappa shape index (κ2) is 6.44. The summed E-state index contributed by atoms with van der Waals surface area (Å²) in [6, 6.07) is 15.4. The number of hydrogen-bond acceptors (Lipinski definition) is 3. The third-order valence-corrected chi connectivity index (χ3v) is 3.00. The van der Waals surface area contributed by atoms with Gasteiger partial charge in [0.2, 0.25) is 0 Å². The van der Waals surface area contributed by atoms with E-state index in [4.69, 9.17) is 10.00 Å². The first-order valence-corrected chi connectivity index (χ1v) is 7.10. The van der Waals surface area contributed by atoms with E-state index in [-0.39, 0.29) is 6.10 Å². The Bertz CT molecular complexity index is 630. The number of benzene rings is 2. The topological polar surface area (TPSA) is 45.0 Å². The van der Waals surface area contributed by atoms with Crippen molar-refractivity contribution in [3.05, 3.63) is 52.5 Å². The van der Waals surface area contributed by atoms with E-state index in [1.165, 1.54) is 0 Å². The van der Waals surface area contributed by atoms with Crippen LogP contribution in [0.15, 0.2) is 46.9 Å². The summed E-state index contributed by atoms with van der Waals surface area (Å²) in [6.45, 7) is 3.99. The van der Waals surface area contributed by atoms with Crippen LogP contribution in [0.5, 0.6) is 5.75 Å². The predicted octanol–water partition coefficient (Wildman–Crippen LogP) is 4.85. The summed E-state index contributed by atoms with van der Waals surface area (Å²) in [4.78, 5) is 0. The summed E-state index contributed by atoms with van der Waals surface area (Å²) < 4.78 is 6.47. The van der Waals surface area contributed by atoms with Gasteiger partial charge in [-0.1, -0.05) is 15.9 Å². The Morgan fingerprint density at radius 1 is 1.10 bits per heavy atom. The van der Waals surface area contributed by atoms with Gasteiger partial charge < -0.3 is 10.1 Å². The minimum absolute atomic E-state index is 0.164. The molecule has 0 amide bonds. The van der Waals surface area contributed by atoms with Gasteiger partial charge in [-0.05, 0) is 56.3 Å². The van der Waals surface area contributed by atoms with Gasteiger partial charge in [0, 0.05) is 15.8 Å². The minimum Gasteiger partial charge on any atom is -0.491 e. The number of ether oxygens (including phenoxy) is 1. The van der Waals surface area contributed by atoms with E-state index in [9.17, 15) is 0 Å². The molecule has 0 spiro atoms. The number of nitrogens with one attached hydrogen (secondary N) is 1. The number of halogens is 1. The zero-order valence-electron chi connectivity index (χ0n) is 11.4. The van der Waals surface area contributed by atoms with Crippen LogP contribution in [0.2, 0.25) is 0 Å². The molecular weight excluding hydrogens is 316 g/mol. The minimum atomic E-state index is 0.164. The molecule has 2 aromatic carbocycles. The van der Waals surface area contributed by atoms with Crippen LogP contribution < -0.4 is 10.1 Å². The van der Waals surface area contributed by atoms with Crippen LogP contribution in [0.1, 0.15) is 19.4 Å². The lowest BCUT2D eigenvalue weighted by atomic mass is 10.2. The summed E-state index contributed by atoms with van der Waals surface area (Å²) in [6.07, 6.45) is 0.164. The molecule has 20 heavy (non-hydrogen) atoms. The fourth-order valence-electron chi connectivity index (χ4n) is 1.78. The number of nitrogens with zero attached hydrogens (tertiary/aromatic N) is 1. The van der Waals surface area contributed by atoms with Crippen LogP contribution in [-0.4, -0.2) is 6.10 Å². The molecule has 0 saturated heterocycles. The summed E-state index contributed by atoms with van der Waals surface area (Å²) >= 11 is 3.39. The van der Waals surface area contributed by atoms with Crippen molar-refractivity contribution < 1.29 is 4.74 Å². The van der Waals surface area contributed by atoms with Crippen molar-refractivity contribution in [3.63, 3.8) is 0 Å². The summed E-state index contributed by atoms with van der Waals surface area (Å²) in [5, 5.41) is 12.2. The number of rotatable bonds is 4. The Labute approximate surface area is 127 Å². The zero-order valence-corrected chi connectivity index (χ0v) is 12.9. The maximum Gasteiger partial charge on any atom is 0.119 e. The van der Waals surface area contributed by atoms with E-state index >= 15 is 0 Å². The van der Waals surface area contributed by atoms with E-state index in [1.807, 2.05) is 50.2 Å². The third-order valence-electron chi connectivity index (χ3n) is 2.54. The molecule has 0 saturated carbocycles. The highest BCUT2D eigenvalue weighted by Gasteiger charge is 2.01. The largest absolute Gasteiger partial charge is 0.491 e. The molecule has 0 unspecified atom stereocenters. The molecule has 0 heterocycles. The average molecular weight is 331 g/mol. The van der Waals surface area contributed by atoms with Gasteiger partial charge in [0.1, 0.15) is 5.75 Å². The van der Waals surface area contributed by atoms with Gasteiger partial charge in [0.25, 0.3) is 0 Å². The second-order valence-electron chi connectivity index (χ2n) is 4.66. The average Bonchev–Trinajstić information content (AvgIpc) is 2.39. The molecule has 0 aliphatic rings. The SMILES string of the molecule is CC(C)Oc1ccc(Nc2cc(Br)cc(C#N)c2)cc1. The molecule has 2 aromatic rings. The molecular formula is C16H15BrN2O. The van der Waals surface area contributed by atoms with Crippen molar-refractivity contribution in [3.8, 4) is 11.8 Å². The van der Waals surface area contributed by atoms with Crippen LogP contribution in [0.3, 0.4) is 0 Å². The highest BCUT2D eigenvalue weighted by atomic mass is 79.9. The number of hydrogen-bond donors (Lipinski definition) is 1. The molecule has 0 radical (unpaired) electrons. The lowest BCUT2D eigenvalue weighted by Crippen LogP contribution is -2.05. The Kier molecular flexibility index (Phi) is 4.65. The van der Waals surface area contributed by atoms with Crippen molar-refractivity contribution in [1.82, 2.24) is 0 Å². The van der Waals surface area contributed by atoms with Gasteiger partial charge in [-0.2, -0.15) is 5.26 Å². The first-order valence-electron chi connectivity index (χ1n) is 6.31. The van der Waals surface area contributed by atoms with Crippen molar-refractivity contribution in [2.75, 3.05) is 5.32 Å². The second-order valence-corrected chi connectivity index (χ2v) is 5.57. The number of anilines is 2. The fourth-order valence-corrected chi connectivity index (χ4v) is 2.28. The van der Waals surface area contributed by atoms with Crippen molar-refractivity contribution >= 4 is 27.3 Å². The molecule has 102 valence electrons. The molecule has 0 aromatic heterocycles. The van der Waals surface area contributed by atoms with Crippen LogP contribution in [0.25, 0.3) is 0 Å². The van der Waals surface area contributed by atoms with Crippen LogP contribution in [0, 0.1) is 11.3 Å². The Hall–Kier alpha value is -1.99. The molecule has 0 bridgehead atoms. The summed E-state index contributed by atoms with van der Waals surface area (Å²) in [5.41, 5.74) is 2.43. The van der Waals surface area contributed by atoms with Crippen molar-refractivity contribution in [2.45, 2.75) is 20.0 Å². The third kappa shape index (κ3) is 4.01. The van der Waals surface area contributed by atoms with Gasteiger partial charge in [-0.15, -0.1) is 0 Å². The Morgan fingerprint density at radius 3 is 2.40 bits per heavy atom. The quantitative estimate of drug-likeness (QED) is 0.871. The van der Waals surface area contributed by atoms with Gasteiger partial charge >= 0.3 is 0 Å². The molecule has 0 fully saturated rings. The summed E-state index contributed by atoms with van der Waals surface area (Å²) in [5.74, 6) is 0.845. The first kappa shape index (κ1) is 14.4. The lowest BCUT2D eigenvalue weighted by molar-refractivity contribution is 0.242. The van der Waals surface area contributed by atoms with Crippen molar-refractivity contribution in [1.29, 1.82) is 5.26 Å². The van der Waals surface area contributed by atoms with Gasteiger partial charge in [-0.25, -0.2) is 0 Å². The van der Waals surface area contributed by atoms with Crippen LogP contribution in [0.4, 0.5) is 11.4 Å². The monoisotopic (exact) mass is 330 g/mol. The van der Waals surface area contributed by atoms with E-state index < -0.39 is 0 Å². The predicted molar refractivity (Wildman–Crippen MR) is 84.3 cm³/mol. The highest BCUT2D eigenvalue weighted by Crippen LogP contribution is 2.24. The van der Waals surface area contributed by atoms with Crippen LogP contribution in [-0.2, 0) is 0 Å². The molecule has 0 atom stereocenters. The first-order chi connectivity index (χ1) is 9.56. The fraction of sp³-hybridized carbons (Fsp3) is 0.188. The molecule has 0 aliphatic heterocycles. The van der Waals surface area contributed by atoms with Gasteiger partial charge in [0.15, 0.2) is 0 Å². The van der Waals surface area contributed by atoms with E-state index in [0.29, 0.717) is 5.56 Å². The Balaban J connectivity index is 2.14. The van der Waals surface area contributed by atoms with E-state index in [2.05, 4.69) is 27.3 Å². The van der Waals surface area contributed by atoms with Gasteiger partial charge in [-0.3, -0.25) is 0 Å². The van der Waals surface area contributed by atoms with E-state index in [1.54, 1.807) is 6.07 Å². The van der Waals surface area contributed by atoms with Crippen molar-refractivity contribution in [2.24, 2.45) is 0 Å². The summed E-state index contributed by atoms with van der Waals surface area (Å²) in [7, 11) is 0. The zero-order chi connectivity index (χ0) is 14.5. The lowest BCUT2D eigenvalue weighted by Gasteiger charge is -2.11. The maximum absolute atomic E-state index is 8.96. The maximum atomic E-state index is 8.96. The highest BCUT2D eigenvalue weighted by molar-refractivity contribution is 9.10. The molecule has 3 nitrogen and oxygen atoms in total. The molecule has 0 aliphatic carbocycles. The van der Waals surface area contributed by atoms with Crippen LogP contribution >= 0.6 is 15.9 Å². The van der Waals surface area contributed by atoms with Gasteiger partial charge in [0.05, 0.1) is 17.7 Å². The Morgan fingerprint density at radius 2 is 1.80 bits per heavy atom. The molecule has 1 N–H and O–H groups in total. The standard InChI is InChI=1S/C16H15BrN2O/c1-11(2)20-16-5-3-14(4-6-16)19-15-8-12(10-18)7-13(17)9-15/h3-9,11,19H,1-2H3. The molecule has 2 rings (SSSR count).